The average molecular weight is 324 g/mol. The first-order valence-electron chi connectivity index (χ1n) is 6.98. The number of halogens is 2. The number of rotatable bonds is 6. The lowest BCUT2D eigenvalue weighted by atomic mass is 9.99. The molecule has 1 N–H and O–H groups in total. The fraction of sp³-hybridized carbons (Fsp3) is 0.294. The second-order valence-electron chi connectivity index (χ2n) is 4.83. The van der Waals surface area contributed by atoms with E-state index in [1.807, 2.05) is 24.3 Å². The third-order valence-electron chi connectivity index (χ3n) is 3.29. The Balaban J connectivity index is 2.38. The Bertz CT molecular complexity index is 614. The molecule has 0 bridgehead atoms. The van der Waals surface area contributed by atoms with Gasteiger partial charge in [0.15, 0.2) is 0 Å². The summed E-state index contributed by atoms with van der Waals surface area (Å²) in [5.74, 6) is 0.854. The van der Waals surface area contributed by atoms with Crippen molar-refractivity contribution in [2.24, 2.45) is 0 Å². The van der Waals surface area contributed by atoms with Gasteiger partial charge in [0.05, 0.1) is 17.2 Å². The maximum atomic E-state index is 6.13. The Labute approximate surface area is 136 Å². The third-order valence-corrected chi connectivity index (χ3v) is 4.02. The van der Waals surface area contributed by atoms with Crippen molar-refractivity contribution in [3.8, 4) is 16.9 Å². The van der Waals surface area contributed by atoms with E-state index in [2.05, 4.69) is 24.4 Å². The van der Waals surface area contributed by atoms with Crippen LogP contribution in [0, 0.1) is 0 Å². The van der Waals surface area contributed by atoms with Crippen LogP contribution in [0.15, 0.2) is 36.4 Å². The Kier molecular flexibility index (Phi) is 5.92. The average Bonchev–Trinajstić information content (AvgIpc) is 2.50. The van der Waals surface area contributed by atoms with Gasteiger partial charge in [-0.05, 0) is 53.9 Å². The van der Waals surface area contributed by atoms with Gasteiger partial charge in [0.2, 0.25) is 0 Å². The molecular weight excluding hydrogens is 305 g/mol. The van der Waals surface area contributed by atoms with Crippen molar-refractivity contribution in [3.05, 3.63) is 52.0 Å². The van der Waals surface area contributed by atoms with Crippen molar-refractivity contribution in [2.45, 2.75) is 19.9 Å². The predicted octanol–water partition coefficient (Wildman–Crippen LogP) is 5.17. The van der Waals surface area contributed by atoms with Crippen molar-refractivity contribution in [1.29, 1.82) is 0 Å². The van der Waals surface area contributed by atoms with Crippen LogP contribution in [-0.4, -0.2) is 13.7 Å². The van der Waals surface area contributed by atoms with Gasteiger partial charge in [-0.15, -0.1) is 0 Å². The molecule has 21 heavy (non-hydrogen) atoms. The number of methoxy groups -OCH3 is 1. The molecule has 0 amide bonds. The molecule has 2 aromatic rings. The van der Waals surface area contributed by atoms with E-state index in [1.54, 1.807) is 7.11 Å². The summed E-state index contributed by atoms with van der Waals surface area (Å²) in [6.45, 7) is 3.93. The lowest BCUT2D eigenvalue weighted by Crippen LogP contribution is -2.14. The molecule has 0 fully saturated rings. The standard InChI is InChI=1S/C17H19Cl2NO/c1-3-8-20-11-13-9-14(21-2)5-6-15(13)12-4-7-16(18)17(19)10-12/h4-7,9-10,20H,3,8,11H2,1-2H3. The molecule has 2 rings (SSSR count). The van der Waals surface area contributed by atoms with Crippen LogP contribution < -0.4 is 10.1 Å². The van der Waals surface area contributed by atoms with Crippen LogP contribution in [0.5, 0.6) is 5.75 Å². The fourth-order valence-corrected chi connectivity index (χ4v) is 2.49. The minimum absolute atomic E-state index is 0.567. The number of benzene rings is 2. The van der Waals surface area contributed by atoms with E-state index in [0.29, 0.717) is 10.0 Å². The summed E-state index contributed by atoms with van der Waals surface area (Å²) in [4.78, 5) is 0. The minimum Gasteiger partial charge on any atom is -0.497 e. The highest BCUT2D eigenvalue weighted by Crippen LogP contribution is 2.32. The highest BCUT2D eigenvalue weighted by molar-refractivity contribution is 6.42. The van der Waals surface area contributed by atoms with Crippen LogP contribution in [0.1, 0.15) is 18.9 Å². The highest BCUT2D eigenvalue weighted by atomic mass is 35.5. The first-order valence-corrected chi connectivity index (χ1v) is 7.74. The number of ether oxygens (including phenoxy) is 1. The maximum absolute atomic E-state index is 6.13. The van der Waals surface area contributed by atoms with Crippen molar-refractivity contribution in [1.82, 2.24) is 5.32 Å². The van der Waals surface area contributed by atoms with Gasteiger partial charge in [-0.3, -0.25) is 0 Å². The molecule has 4 heteroatoms. The monoisotopic (exact) mass is 323 g/mol. The van der Waals surface area contributed by atoms with Crippen LogP contribution in [0.3, 0.4) is 0 Å². The van der Waals surface area contributed by atoms with Gasteiger partial charge < -0.3 is 10.1 Å². The molecule has 0 heterocycles. The van der Waals surface area contributed by atoms with E-state index >= 15 is 0 Å². The van der Waals surface area contributed by atoms with Gasteiger partial charge in [0.1, 0.15) is 5.75 Å². The van der Waals surface area contributed by atoms with E-state index in [-0.39, 0.29) is 0 Å². The molecule has 0 aliphatic rings. The maximum Gasteiger partial charge on any atom is 0.119 e. The first-order chi connectivity index (χ1) is 10.2. The van der Waals surface area contributed by atoms with Gasteiger partial charge >= 0.3 is 0 Å². The predicted molar refractivity (Wildman–Crippen MR) is 90.4 cm³/mol. The summed E-state index contributed by atoms with van der Waals surface area (Å²) in [7, 11) is 1.68. The van der Waals surface area contributed by atoms with Gasteiger partial charge in [-0.2, -0.15) is 0 Å². The summed E-state index contributed by atoms with van der Waals surface area (Å²) in [5.41, 5.74) is 3.37. The number of hydrogen-bond acceptors (Lipinski definition) is 2. The largest absolute Gasteiger partial charge is 0.497 e. The Morgan fingerprint density at radius 2 is 1.86 bits per heavy atom. The second-order valence-corrected chi connectivity index (χ2v) is 5.64. The molecule has 0 atom stereocenters. The minimum atomic E-state index is 0.567. The number of nitrogens with one attached hydrogen (secondary N) is 1. The van der Waals surface area contributed by atoms with Crippen molar-refractivity contribution >= 4 is 23.2 Å². The molecule has 0 saturated heterocycles. The van der Waals surface area contributed by atoms with Gasteiger partial charge in [0, 0.05) is 6.54 Å². The van der Waals surface area contributed by atoms with Gasteiger partial charge in [-0.1, -0.05) is 42.3 Å². The Hall–Kier alpha value is -1.22. The molecular formula is C17H19Cl2NO. The van der Waals surface area contributed by atoms with Gasteiger partial charge in [0.25, 0.3) is 0 Å². The van der Waals surface area contributed by atoms with E-state index in [4.69, 9.17) is 27.9 Å². The van der Waals surface area contributed by atoms with E-state index in [1.165, 1.54) is 5.56 Å². The summed E-state index contributed by atoms with van der Waals surface area (Å²) in [5, 5.41) is 4.56. The summed E-state index contributed by atoms with van der Waals surface area (Å²) in [6.07, 6.45) is 1.10. The topological polar surface area (TPSA) is 21.3 Å². The molecule has 112 valence electrons. The molecule has 0 radical (unpaired) electrons. The van der Waals surface area contributed by atoms with E-state index < -0.39 is 0 Å². The molecule has 0 saturated carbocycles. The summed E-state index contributed by atoms with van der Waals surface area (Å²) in [6, 6.07) is 11.8. The van der Waals surface area contributed by atoms with E-state index in [9.17, 15) is 0 Å². The van der Waals surface area contributed by atoms with Crippen LogP contribution in [-0.2, 0) is 6.54 Å². The summed E-state index contributed by atoms with van der Waals surface area (Å²) < 4.78 is 5.32. The van der Waals surface area contributed by atoms with Crippen LogP contribution in [0.4, 0.5) is 0 Å². The fourth-order valence-electron chi connectivity index (χ4n) is 2.19. The van der Waals surface area contributed by atoms with Crippen LogP contribution in [0.2, 0.25) is 10.0 Å². The zero-order chi connectivity index (χ0) is 15.2. The summed E-state index contributed by atoms with van der Waals surface area (Å²) >= 11 is 12.1. The molecule has 2 nitrogen and oxygen atoms in total. The molecule has 2 aromatic carbocycles. The second kappa shape index (κ2) is 7.69. The Morgan fingerprint density at radius 1 is 1.05 bits per heavy atom. The molecule has 0 spiro atoms. The smallest absolute Gasteiger partial charge is 0.119 e. The highest BCUT2D eigenvalue weighted by Gasteiger charge is 2.08. The first kappa shape index (κ1) is 16.2. The van der Waals surface area contributed by atoms with Crippen molar-refractivity contribution in [2.75, 3.05) is 13.7 Å². The third kappa shape index (κ3) is 4.13. The number of hydrogen-bond donors (Lipinski definition) is 1. The molecule has 0 unspecified atom stereocenters. The van der Waals surface area contributed by atoms with Gasteiger partial charge in [-0.25, -0.2) is 0 Å². The zero-order valence-electron chi connectivity index (χ0n) is 12.2. The zero-order valence-corrected chi connectivity index (χ0v) is 13.8. The molecule has 0 aliphatic heterocycles. The van der Waals surface area contributed by atoms with E-state index in [0.717, 1.165) is 36.4 Å². The van der Waals surface area contributed by atoms with Crippen LogP contribution in [0.25, 0.3) is 11.1 Å². The molecule has 0 aliphatic carbocycles. The van der Waals surface area contributed by atoms with Crippen molar-refractivity contribution in [3.63, 3.8) is 0 Å². The lowest BCUT2D eigenvalue weighted by Gasteiger charge is -2.13. The molecule has 0 aromatic heterocycles. The lowest BCUT2D eigenvalue weighted by molar-refractivity contribution is 0.414. The van der Waals surface area contributed by atoms with Crippen molar-refractivity contribution < 1.29 is 4.74 Å². The SMILES string of the molecule is CCCNCc1cc(OC)ccc1-c1ccc(Cl)c(Cl)c1. The van der Waals surface area contributed by atoms with Crippen LogP contribution >= 0.6 is 23.2 Å². The normalized spacial score (nSPS) is 10.7. The Morgan fingerprint density at radius 3 is 2.52 bits per heavy atom. The quantitative estimate of drug-likeness (QED) is 0.740.